The largest absolute Gasteiger partial charge is 0.454 e. The summed E-state index contributed by atoms with van der Waals surface area (Å²) < 4.78 is 21.0. The minimum Gasteiger partial charge on any atom is -0.454 e. The first-order valence-corrected chi connectivity index (χ1v) is 8.61. The third kappa shape index (κ3) is 3.78. The quantitative estimate of drug-likeness (QED) is 0.759. The van der Waals surface area contributed by atoms with Gasteiger partial charge in [0.1, 0.15) is 0 Å². The first kappa shape index (κ1) is 16.8. The van der Waals surface area contributed by atoms with Crippen LogP contribution in [0.5, 0.6) is 11.5 Å². The molecule has 26 heavy (non-hydrogen) atoms. The van der Waals surface area contributed by atoms with Crippen LogP contribution in [0.25, 0.3) is 11.4 Å². The minimum absolute atomic E-state index is 0.0518. The van der Waals surface area contributed by atoms with E-state index >= 15 is 0 Å². The maximum atomic E-state index is 12.1. The summed E-state index contributed by atoms with van der Waals surface area (Å²) in [5, 5.41) is 6.68. The van der Waals surface area contributed by atoms with E-state index in [0.717, 1.165) is 39.3 Å². The lowest BCUT2D eigenvalue weighted by Gasteiger charge is -2.26. The Morgan fingerprint density at radius 2 is 2.04 bits per heavy atom. The highest BCUT2D eigenvalue weighted by molar-refractivity contribution is 5.89. The van der Waals surface area contributed by atoms with E-state index in [4.69, 9.17) is 18.7 Å². The van der Waals surface area contributed by atoms with Crippen molar-refractivity contribution in [2.75, 3.05) is 46.2 Å². The zero-order valence-corrected chi connectivity index (χ0v) is 14.3. The molecule has 0 unspecified atom stereocenters. The molecule has 3 heterocycles. The zero-order valence-electron chi connectivity index (χ0n) is 14.3. The van der Waals surface area contributed by atoms with Crippen molar-refractivity contribution in [1.29, 1.82) is 0 Å². The lowest BCUT2D eigenvalue weighted by Crippen LogP contribution is -2.38. The molecule has 0 radical (unpaired) electrons. The molecular formula is C17H20N4O5. The van der Waals surface area contributed by atoms with E-state index in [9.17, 15) is 4.79 Å². The molecule has 0 atom stereocenters. The highest BCUT2D eigenvalue weighted by Gasteiger charge is 2.19. The number of aromatic nitrogens is 2. The van der Waals surface area contributed by atoms with Crippen molar-refractivity contribution in [1.82, 2.24) is 20.4 Å². The monoisotopic (exact) mass is 360 g/mol. The van der Waals surface area contributed by atoms with Gasteiger partial charge in [-0.15, -0.1) is 0 Å². The molecule has 138 valence electrons. The highest BCUT2D eigenvalue weighted by Crippen LogP contribution is 2.35. The number of carbonyl (C=O) groups is 1. The Morgan fingerprint density at radius 1 is 1.19 bits per heavy atom. The van der Waals surface area contributed by atoms with Gasteiger partial charge in [0.05, 0.1) is 13.2 Å². The van der Waals surface area contributed by atoms with Crippen LogP contribution < -0.4 is 14.8 Å². The Hall–Kier alpha value is -2.65. The van der Waals surface area contributed by atoms with Crippen LogP contribution in [0.1, 0.15) is 17.1 Å². The fraction of sp³-hybridized carbons (Fsp3) is 0.471. The van der Waals surface area contributed by atoms with Crippen LogP contribution in [-0.2, 0) is 4.74 Å². The van der Waals surface area contributed by atoms with E-state index in [1.165, 1.54) is 0 Å². The Balaban J connectivity index is 1.29. The van der Waals surface area contributed by atoms with Gasteiger partial charge in [-0.05, 0) is 31.2 Å². The molecule has 1 amide bonds. The lowest BCUT2D eigenvalue weighted by molar-refractivity contribution is 0.0374. The molecule has 1 fully saturated rings. The van der Waals surface area contributed by atoms with Crippen molar-refractivity contribution in [3.63, 3.8) is 0 Å². The van der Waals surface area contributed by atoms with E-state index in [1.807, 2.05) is 0 Å². The summed E-state index contributed by atoms with van der Waals surface area (Å²) in [6, 6.07) is 5.33. The second kappa shape index (κ2) is 7.71. The average Bonchev–Trinajstić information content (AvgIpc) is 3.34. The second-order valence-corrected chi connectivity index (χ2v) is 6.05. The summed E-state index contributed by atoms with van der Waals surface area (Å²) in [6.07, 6.45) is 0.856. The maximum absolute atomic E-state index is 12.1. The van der Waals surface area contributed by atoms with Gasteiger partial charge in [-0.3, -0.25) is 9.69 Å². The molecule has 9 nitrogen and oxygen atoms in total. The molecule has 9 heteroatoms. The molecule has 1 aromatic carbocycles. The molecular weight excluding hydrogens is 340 g/mol. The zero-order chi connectivity index (χ0) is 17.8. The molecule has 1 aromatic heterocycles. The predicted molar refractivity (Wildman–Crippen MR) is 90.1 cm³/mol. The Bertz CT molecular complexity index is 772. The van der Waals surface area contributed by atoms with Crippen molar-refractivity contribution >= 4 is 5.91 Å². The van der Waals surface area contributed by atoms with Gasteiger partial charge in [0.2, 0.25) is 12.6 Å². The van der Waals surface area contributed by atoms with Gasteiger partial charge < -0.3 is 24.1 Å². The van der Waals surface area contributed by atoms with Gasteiger partial charge in [0.15, 0.2) is 11.5 Å². The third-order valence-corrected chi connectivity index (χ3v) is 4.29. The van der Waals surface area contributed by atoms with E-state index in [0.29, 0.717) is 29.4 Å². The molecule has 0 saturated carbocycles. The van der Waals surface area contributed by atoms with Crippen molar-refractivity contribution in [2.24, 2.45) is 0 Å². The molecule has 2 aliphatic rings. The summed E-state index contributed by atoms with van der Waals surface area (Å²) in [5.41, 5.74) is 0.698. The number of benzene rings is 1. The van der Waals surface area contributed by atoms with E-state index < -0.39 is 0 Å². The lowest BCUT2D eigenvalue weighted by atomic mass is 10.2. The van der Waals surface area contributed by atoms with Crippen LogP contribution in [-0.4, -0.2) is 67.1 Å². The minimum atomic E-state index is -0.369. The second-order valence-electron chi connectivity index (χ2n) is 6.05. The number of nitrogens with zero attached hydrogens (tertiary/aromatic N) is 3. The van der Waals surface area contributed by atoms with Gasteiger partial charge in [-0.2, -0.15) is 4.98 Å². The fourth-order valence-corrected chi connectivity index (χ4v) is 2.87. The number of carbonyl (C=O) groups excluding carboxylic acids is 1. The first-order chi connectivity index (χ1) is 12.8. The smallest absolute Gasteiger partial charge is 0.316 e. The Morgan fingerprint density at radius 3 is 2.92 bits per heavy atom. The molecule has 4 rings (SSSR count). The van der Waals surface area contributed by atoms with Crippen LogP contribution in [0.4, 0.5) is 0 Å². The number of fused-ring (bicyclic) bond motifs is 1. The van der Waals surface area contributed by atoms with Gasteiger partial charge in [0.25, 0.3) is 0 Å². The first-order valence-electron chi connectivity index (χ1n) is 8.61. The predicted octanol–water partition coefficient (Wildman–Crippen LogP) is 0.917. The number of nitrogens with one attached hydrogen (secondary N) is 1. The maximum Gasteiger partial charge on any atom is 0.316 e. The summed E-state index contributed by atoms with van der Waals surface area (Å²) in [7, 11) is 0. The van der Waals surface area contributed by atoms with Crippen molar-refractivity contribution in [3.05, 3.63) is 24.1 Å². The van der Waals surface area contributed by atoms with Crippen molar-refractivity contribution in [2.45, 2.75) is 6.42 Å². The number of amides is 1. The molecule has 0 bridgehead atoms. The summed E-state index contributed by atoms with van der Waals surface area (Å²) in [4.78, 5) is 18.6. The number of hydrogen-bond donors (Lipinski definition) is 1. The average molecular weight is 360 g/mol. The van der Waals surface area contributed by atoms with Crippen LogP contribution in [0.2, 0.25) is 0 Å². The molecule has 0 aliphatic carbocycles. The van der Waals surface area contributed by atoms with Gasteiger partial charge in [-0.1, -0.05) is 5.16 Å². The van der Waals surface area contributed by atoms with Crippen LogP contribution >= 0.6 is 0 Å². The number of morpholine rings is 1. The molecule has 2 aromatic rings. The van der Waals surface area contributed by atoms with E-state index in [1.54, 1.807) is 18.2 Å². The molecule has 1 N–H and O–H groups in total. The van der Waals surface area contributed by atoms with Crippen LogP contribution in [0.15, 0.2) is 22.7 Å². The van der Waals surface area contributed by atoms with Gasteiger partial charge in [0, 0.05) is 25.2 Å². The van der Waals surface area contributed by atoms with E-state index in [-0.39, 0.29) is 18.6 Å². The standard InChI is InChI=1S/C17H20N4O5/c22-16(18-4-1-5-21-6-8-23-9-7-21)17-19-15(20-26-17)12-2-3-13-14(10-12)25-11-24-13/h2-3,10H,1,4-9,11H2,(H,18,22). The summed E-state index contributed by atoms with van der Waals surface area (Å²) >= 11 is 0. The van der Waals surface area contributed by atoms with Crippen LogP contribution in [0, 0.1) is 0 Å². The number of hydrogen-bond acceptors (Lipinski definition) is 8. The normalized spacial score (nSPS) is 16.6. The number of ether oxygens (including phenoxy) is 3. The van der Waals surface area contributed by atoms with E-state index in [2.05, 4.69) is 20.4 Å². The molecule has 1 saturated heterocycles. The fourth-order valence-electron chi connectivity index (χ4n) is 2.87. The SMILES string of the molecule is O=C(NCCCN1CCOCC1)c1nc(-c2ccc3c(c2)OCO3)no1. The van der Waals surface area contributed by atoms with Crippen molar-refractivity contribution < 1.29 is 23.5 Å². The van der Waals surface area contributed by atoms with Crippen LogP contribution in [0.3, 0.4) is 0 Å². The van der Waals surface area contributed by atoms with Crippen molar-refractivity contribution in [3.8, 4) is 22.9 Å². The molecule has 0 spiro atoms. The third-order valence-electron chi connectivity index (χ3n) is 4.29. The Labute approximate surface area is 150 Å². The van der Waals surface area contributed by atoms with Gasteiger partial charge >= 0.3 is 11.8 Å². The van der Waals surface area contributed by atoms with Gasteiger partial charge in [-0.25, -0.2) is 0 Å². The number of rotatable bonds is 6. The summed E-state index contributed by atoms with van der Waals surface area (Å²) in [5.74, 6) is 1.22. The summed E-state index contributed by atoms with van der Waals surface area (Å²) in [6.45, 7) is 5.11. The molecule has 2 aliphatic heterocycles. The topological polar surface area (TPSA) is 99.0 Å². The highest BCUT2D eigenvalue weighted by atomic mass is 16.7. The Kier molecular flexibility index (Phi) is 4.98.